The predicted octanol–water partition coefficient (Wildman–Crippen LogP) is 0.981. The molecule has 1 aromatic carbocycles. The van der Waals surface area contributed by atoms with E-state index in [0.717, 1.165) is 10.6 Å². The van der Waals surface area contributed by atoms with Crippen molar-refractivity contribution in [1.82, 2.24) is 15.8 Å². The van der Waals surface area contributed by atoms with Gasteiger partial charge < -0.3 is 5.32 Å². The van der Waals surface area contributed by atoms with Crippen LogP contribution in [0.25, 0.3) is 0 Å². The van der Waals surface area contributed by atoms with Crippen LogP contribution in [0.2, 0.25) is 0 Å². The molecule has 1 saturated heterocycles. The summed E-state index contributed by atoms with van der Waals surface area (Å²) in [6.07, 6.45) is 1.96. The zero-order valence-corrected chi connectivity index (χ0v) is 11.3. The molecule has 0 bridgehead atoms. The molecule has 1 aliphatic rings. The van der Waals surface area contributed by atoms with Crippen LogP contribution in [-0.2, 0) is 16.0 Å². The van der Waals surface area contributed by atoms with E-state index in [0.29, 0.717) is 25.7 Å². The smallest absolute Gasteiger partial charge is 0.322 e. The summed E-state index contributed by atoms with van der Waals surface area (Å²) >= 11 is 0. The lowest BCUT2D eigenvalue weighted by Gasteiger charge is -2.24. The number of rotatable bonds is 6. The van der Waals surface area contributed by atoms with E-state index in [1.165, 1.54) is 0 Å². The van der Waals surface area contributed by atoms with E-state index in [9.17, 15) is 14.4 Å². The highest BCUT2D eigenvalue weighted by atomic mass is 16.2. The number of carbonyl (C=O) groups is 3. The third-order valence-corrected chi connectivity index (χ3v) is 3.63. The van der Waals surface area contributed by atoms with Crippen LogP contribution < -0.4 is 10.7 Å². The summed E-state index contributed by atoms with van der Waals surface area (Å²) in [4.78, 5) is 34.5. The molecule has 2 N–H and O–H groups in total. The van der Waals surface area contributed by atoms with Gasteiger partial charge in [0.05, 0.1) is 0 Å². The maximum atomic E-state index is 12.3. The Morgan fingerprint density at radius 3 is 2.60 bits per heavy atom. The number of imide groups is 1. The number of amides is 4. The number of nitrogens with one attached hydrogen (secondary N) is 2. The summed E-state index contributed by atoms with van der Waals surface area (Å²) in [5.74, 6) is -0.409. The molecule has 6 nitrogen and oxygen atoms in total. The summed E-state index contributed by atoms with van der Waals surface area (Å²) in [5.41, 5.74) is 2.28. The van der Waals surface area contributed by atoms with E-state index in [1.807, 2.05) is 37.3 Å². The maximum Gasteiger partial charge on any atom is 0.344 e. The lowest BCUT2D eigenvalue weighted by molar-refractivity contribution is -0.136. The summed E-state index contributed by atoms with van der Waals surface area (Å²) < 4.78 is 0. The van der Waals surface area contributed by atoms with Gasteiger partial charge in [-0.1, -0.05) is 37.3 Å². The topological polar surface area (TPSA) is 78.5 Å². The molecule has 0 aliphatic carbocycles. The van der Waals surface area contributed by atoms with E-state index < -0.39 is 17.5 Å². The number of hydrazine groups is 1. The van der Waals surface area contributed by atoms with Gasteiger partial charge in [0.2, 0.25) is 6.41 Å². The van der Waals surface area contributed by atoms with Gasteiger partial charge in [0.15, 0.2) is 0 Å². The number of aryl methyl sites for hydroxylation is 1. The van der Waals surface area contributed by atoms with Gasteiger partial charge in [-0.2, -0.15) is 5.01 Å². The molecule has 1 unspecified atom stereocenters. The molecule has 6 heteroatoms. The summed E-state index contributed by atoms with van der Waals surface area (Å²) in [7, 11) is 0. The second kappa shape index (κ2) is 5.73. The second-order valence-corrected chi connectivity index (χ2v) is 4.74. The minimum absolute atomic E-state index is 0.320. The molecule has 1 fully saturated rings. The second-order valence-electron chi connectivity index (χ2n) is 4.74. The molecular formula is C14H17N3O3. The number of benzene rings is 1. The van der Waals surface area contributed by atoms with E-state index in [1.54, 1.807) is 0 Å². The number of nitrogens with zero attached hydrogens (tertiary/aromatic N) is 1. The molecule has 1 aromatic rings. The van der Waals surface area contributed by atoms with Crippen molar-refractivity contribution in [2.75, 3.05) is 0 Å². The first kappa shape index (κ1) is 14.0. The van der Waals surface area contributed by atoms with Crippen molar-refractivity contribution < 1.29 is 14.4 Å². The summed E-state index contributed by atoms with van der Waals surface area (Å²) in [6.45, 7) is 1.84. The van der Waals surface area contributed by atoms with Gasteiger partial charge in [0.25, 0.3) is 5.91 Å². The van der Waals surface area contributed by atoms with Crippen molar-refractivity contribution in [3.05, 3.63) is 35.9 Å². The van der Waals surface area contributed by atoms with Crippen molar-refractivity contribution in [1.29, 1.82) is 0 Å². The monoisotopic (exact) mass is 275 g/mol. The lowest BCUT2D eigenvalue weighted by atomic mass is 9.89. The third-order valence-electron chi connectivity index (χ3n) is 3.63. The Labute approximate surface area is 117 Å². The largest absolute Gasteiger partial charge is 0.344 e. The summed E-state index contributed by atoms with van der Waals surface area (Å²) in [5, 5.41) is 3.43. The van der Waals surface area contributed by atoms with Crippen LogP contribution in [0, 0.1) is 0 Å². The van der Waals surface area contributed by atoms with Crippen LogP contribution in [0.5, 0.6) is 0 Å². The van der Waals surface area contributed by atoms with Crippen molar-refractivity contribution in [2.24, 2.45) is 0 Å². The highest BCUT2D eigenvalue weighted by molar-refractivity contribution is 6.07. The average Bonchev–Trinajstić information content (AvgIpc) is 2.71. The van der Waals surface area contributed by atoms with E-state index in [-0.39, 0.29) is 0 Å². The number of urea groups is 1. The third kappa shape index (κ3) is 2.49. The van der Waals surface area contributed by atoms with E-state index >= 15 is 0 Å². The maximum absolute atomic E-state index is 12.3. The molecular weight excluding hydrogens is 258 g/mol. The molecule has 20 heavy (non-hydrogen) atoms. The van der Waals surface area contributed by atoms with Gasteiger partial charge in [-0.3, -0.25) is 15.0 Å². The van der Waals surface area contributed by atoms with Crippen molar-refractivity contribution in [3.63, 3.8) is 0 Å². The van der Waals surface area contributed by atoms with Crippen LogP contribution >= 0.6 is 0 Å². The minimum Gasteiger partial charge on any atom is -0.322 e. The molecule has 2 rings (SSSR count). The number of carbonyl (C=O) groups excluding carboxylic acids is 3. The Balaban J connectivity index is 2.12. The molecule has 1 aliphatic heterocycles. The number of hydrogen-bond acceptors (Lipinski definition) is 3. The van der Waals surface area contributed by atoms with Gasteiger partial charge in [0.1, 0.15) is 5.54 Å². The molecule has 1 heterocycles. The molecule has 0 spiro atoms. The van der Waals surface area contributed by atoms with Crippen LogP contribution in [0.1, 0.15) is 25.3 Å². The van der Waals surface area contributed by atoms with E-state index in [4.69, 9.17) is 0 Å². The van der Waals surface area contributed by atoms with Crippen LogP contribution in [0.4, 0.5) is 4.79 Å². The first-order valence-corrected chi connectivity index (χ1v) is 6.53. The molecule has 1 atom stereocenters. The normalized spacial score (nSPS) is 21.8. The molecule has 0 saturated carbocycles. The molecule has 0 radical (unpaired) electrons. The highest BCUT2D eigenvalue weighted by Crippen LogP contribution is 2.25. The standard InChI is InChI=1S/C14H17N3O3/c1-2-14(9-8-11-6-4-3-5-7-11)12(19)17(15-10-18)13(20)16-14/h3-7,10H,2,8-9H2,1H3,(H,15,18)(H,16,20). The fourth-order valence-electron chi connectivity index (χ4n) is 2.38. The first-order valence-electron chi connectivity index (χ1n) is 6.53. The number of hydrogen-bond donors (Lipinski definition) is 2. The van der Waals surface area contributed by atoms with Crippen LogP contribution in [0.3, 0.4) is 0 Å². The Morgan fingerprint density at radius 1 is 1.30 bits per heavy atom. The average molecular weight is 275 g/mol. The van der Waals surface area contributed by atoms with E-state index in [2.05, 4.69) is 10.7 Å². The Morgan fingerprint density at radius 2 is 2.00 bits per heavy atom. The Hall–Kier alpha value is -2.37. The molecule has 106 valence electrons. The summed E-state index contributed by atoms with van der Waals surface area (Å²) in [6, 6.07) is 9.17. The fraction of sp³-hybridized carbons (Fsp3) is 0.357. The van der Waals surface area contributed by atoms with Crippen molar-refractivity contribution >= 4 is 18.3 Å². The van der Waals surface area contributed by atoms with Crippen LogP contribution in [-0.4, -0.2) is 28.9 Å². The quantitative estimate of drug-likeness (QED) is 0.600. The lowest BCUT2D eigenvalue weighted by Crippen LogP contribution is -2.48. The Bertz CT molecular complexity index is 518. The van der Waals surface area contributed by atoms with Crippen molar-refractivity contribution in [3.8, 4) is 0 Å². The minimum atomic E-state index is -0.942. The highest BCUT2D eigenvalue weighted by Gasteiger charge is 2.49. The first-order chi connectivity index (χ1) is 9.63. The Kier molecular flexibility index (Phi) is 4.02. The molecule has 4 amide bonds. The van der Waals surface area contributed by atoms with Gasteiger partial charge in [-0.25, -0.2) is 4.79 Å². The van der Waals surface area contributed by atoms with Gasteiger partial charge in [-0.15, -0.1) is 0 Å². The zero-order chi connectivity index (χ0) is 14.6. The van der Waals surface area contributed by atoms with Gasteiger partial charge >= 0.3 is 6.03 Å². The SMILES string of the molecule is CCC1(CCc2ccccc2)NC(=O)N(NC=O)C1=O. The van der Waals surface area contributed by atoms with Crippen molar-refractivity contribution in [2.45, 2.75) is 31.7 Å². The van der Waals surface area contributed by atoms with Gasteiger partial charge in [-0.05, 0) is 24.8 Å². The zero-order valence-electron chi connectivity index (χ0n) is 11.3. The van der Waals surface area contributed by atoms with Gasteiger partial charge in [0, 0.05) is 0 Å². The fourth-order valence-corrected chi connectivity index (χ4v) is 2.38. The molecule has 0 aromatic heterocycles. The van der Waals surface area contributed by atoms with Crippen LogP contribution in [0.15, 0.2) is 30.3 Å². The predicted molar refractivity (Wildman–Crippen MR) is 72.4 cm³/mol.